The van der Waals surface area contributed by atoms with Crippen LogP contribution in [0.5, 0.6) is 0 Å². The molecule has 0 atom stereocenters. The minimum absolute atomic E-state index is 0.945. The van der Waals surface area contributed by atoms with Gasteiger partial charge in [0, 0.05) is 0 Å². The molecule has 0 aliphatic heterocycles. The van der Waals surface area contributed by atoms with Gasteiger partial charge < -0.3 is 0 Å². The van der Waals surface area contributed by atoms with Crippen LogP contribution in [0.4, 0.5) is 0 Å². The Balaban J connectivity index is 1.38. The fraction of sp³-hybridized carbons (Fsp3) is 0.0556. The fourth-order valence-corrected chi connectivity index (χ4v) is 6.53. The van der Waals surface area contributed by atoms with Gasteiger partial charge >= 0.3 is 0 Å². The third-order valence-electron chi connectivity index (χ3n) is 8.12. The van der Waals surface area contributed by atoms with Crippen molar-refractivity contribution in [2.24, 2.45) is 0 Å². The van der Waals surface area contributed by atoms with Gasteiger partial charge in [-0.25, -0.2) is 0 Å². The minimum Gasteiger partial charge on any atom is -0.0617 e. The van der Waals surface area contributed by atoms with E-state index in [1.165, 1.54) is 76.5 Å². The molecule has 0 spiro atoms. The highest BCUT2D eigenvalue weighted by atomic mass is 14.3. The van der Waals surface area contributed by atoms with Crippen LogP contribution < -0.4 is 0 Å². The third kappa shape index (κ3) is 2.82. The van der Waals surface area contributed by atoms with Crippen molar-refractivity contribution in [1.29, 1.82) is 0 Å². The molecular weight excluding hydrogens is 432 g/mol. The summed E-state index contributed by atoms with van der Waals surface area (Å²) in [7, 11) is 0. The van der Waals surface area contributed by atoms with E-state index in [0.717, 1.165) is 12.8 Å². The van der Waals surface area contributed by atoms with Crippen molar-refractivity contribution in [3.05, 3.63) is 144 Å². The van der Waals surface area contributed by atoms with E-state index >= 15 is 0 Å². The monoisotopic (exact) mass is 456 g/mol. The van der Waals surface area contributed by atoms with Crippen LogP contribution in [-0.4, -0.2) is 0 Å². The topological polar surface area (TPSA) is 0 Å². The molecule has 7 aromatic rings. The standard InChI is InChI=1S/C36H24/c1-2-14-28-23(9-1)10-7-11-24(28)19-25-12-8-13-26-20-27-21-34-31-17-5-3-15-29(31)30-16-4-6-18-32(30)35(34)22-33(27)36(25)26/h1-18,21-22H,19-20H2. The van der Waals surface area contributed by atoms with E-state index in [-0.39, 0.29) is 0 Å². The molecule has 0 N–H and O–H groups in total. The zero-order valence-corrected chi connectivity index (χ0v) is 20.0. The minimum atomic E-state index is 0.945. The number of hydrogen-bond donors (Lipinski definition) is 0. The fourth-order valence-electron chi connectivity index (χ4n) is 6.53. The lowest BCUT2D eigenvalue weighted by Gasteiger charge is -2.14. The average Bonchev–Trinajstić information content (AvgIpc) is 3.31. The van der Waals surface area contributed by atoms with E-state index in [1.807, 2.05) is 0 Å². The maximum absolute atomic E-state index is 2.48. The molecule has 1 aliphatic rings. The van der Waals surface area contributed by atoms with E-state index in [1.54, 1.807) is 0 Å². The zero-order valence-electron chi connectivity index (χ0n) is 20.0. The van der Waals surface area contributed by atoms with E-state index in [2.05, 4.69) is 121 Å². The summed E-state index contributed by atoms with van der Waals surface area (Å²) in [5, 5.41) is 10.8. The Morgan fingerprint density at radius 3 is 1.72 bits per heavy atom. The highest BCUT2D eigenvalue weighted by molar-refractivity contribution is 6.26. The zero-order chi connectivity index (χ0) is 23.6. The van der Waals surface area contributed by atoms with Gasteiger partial charge in [0.05, 0.1) is 0 Å². The molecule has 168 valence electrons. The van der Waals surface area contributed by atoms with Gasteiger partial charge in [-0.05, 0) is 101 Å². The summed E-state index contributed by atoms with van der Waals surface area (Å²) in [6, 6.07) is 45.1. The Morgan fingerprint density at radius 2 is 0.972 bits per heavy atom. The van der Waals surface area contributed by atoms with Gasteiger partial charge in [0.15, 0.2) is 0 Å². The second-order valence-corrected chi connectivity index (χ2v) is 10.1. The number of hydrogen-bond acceptors (Lipinski definition) is 0. The van der Waals surface area contributed by atoms with Crippen molar-refractivity contribution < 1.29 is 0 Å². The van der Waals surface area contributed by atoms with Crippen LogP contribution in [0.15, 0.2) is 121 Å². The van der Waals surface area contributed by atoms with Gasteiger partial charge in [-0.15, -0.1) is 0 Å². The summed E-state index contributed by atoms with van der Waals surface area (Å²) in [6.07, 6.45) is 1.95. The molecule has 0 nitrogen and oxygen atoms in total. The SMILES string of the molecule is c1cc2c(c(Cc3cccc4ccccc34)c1)-c1cc3c4ccccc4c4ccccc4c3cc1C2. The molecule has 1 aliphatic carbocycles. The Labute approximate surface area is 210 Å². The van der Waals surface area contributed by atoms with E-state index < -0.39 is 0 Å². The second-order valence-electron chi connectivity index (χ2n) is 10.1. The molecule has 7 aromatic carbocycles. The van der Waals surface area contributed by atoms with E-state index in [4.69, 9.17) is 0 Å². The summed E-state index contributed by atoms with van der Waals surface area (Å²) in [4.78, 5) is 0. The average molecular weight is 457 g/mol. The molecule has 0 bridgehead atoms. The molecule has 0 radical (unpaired) electrons. The van der Waals surface area contributed by atoms with Crippen molar-refractivity contribution >= 4 is 43.1 Å². The van der Waals surface area contributed by atoms with Gasteiger partial charge in [-0.2, -0.15) is 0 Å². The lowest BCUT2D eigenvalue weighted by Crippen LogP contribution is -1.94. The van der Waals surface area contributed by atoms with E-state index in [0.29, 0.717) is 0 Å². The first kappa shape index (κ1) is 19.8. The third-order valence-corrected chi connectivity index (χ3v) is 8.12. The van der Waals surface area contributed by atoms with Crippen molar-refractivity contribution in [1.82, 2.24) is 0 Å². The first-order chi connectivity index (χ1) is 17.8. The van der Waals surface area contributed by atoms with Crippen LogP contribution in [0.1, 0.15) is 22.3 Å². The maximum atomic E-state index is 2.48. The largest absolute Gasteiger partial charge is 0.0617 e. The summed E-state index contributed by atoms with van der Waals surface area (Å²) < 4.78 is 0. The quantitative estimate of drug-likeness (QED) is 0.227. The lowest BCUT2D eigenvalue weighted by atomic mass is 9.89. The predicted molar refractivity (Wildman–Crippen MR) is 154 cm³/mol. The van der Waals surface area contributed by atoms with Crippen molar-refractivity contribution in [2.75, 3.05) is 0 Å². The van der Waals surface area contributed by atoms with Crippen molar-refractivity contribution in [3.8, 4) is 11.1 Å². The summed E-state index contributed by atoms with van der Waals surface area (Å²) >= 11 is 0. The van der Waals surface area contributed by atoms with Gasteiger partial charge in [0.1, 0.15) is 0 Å². The number of fused-ring (bicyclic) bond motifs is 10. The smallest absolute Gasteiger partial charge is 0.00131 e. The molecule has 0 aromatic heterocycles. The van der Waals surface area contributed by atoms with Crippen LogP contribution in [0.25, 0.3) is 54.2 Å². The highest BCUT2D eigenvalue weighted by Crippen LogP contribution is 2.45. The molecule has 0 saturated carbocycles. The number of rotatable bonds is 2. The Morgan fingerprint density at radius 1 is 0.417 bits per heavy atom. The van der Waals surface area contributed by atoms with Crippen LogP contribution in [-0.2, 0) is 12.8 Å². The molecule has 0 unspecified atom stereocenters. The molecule has 8 rings (SSSR count). The molecule has 0 amide bonds. The van der Waals surface area contributed by atoms with E-state index in [9.17, 15) is 0 Å². The lowest BCUT2D eigenvalue weighted by molar-refractivity contribution is 1.20. The summed E-state index contributed by atoms with van der Waals surface area (Å²) in [5.74, 6) is 0. The Bertz CT molecular complexity index is 1990. The predicted octanol–water partition coefficient (Wildman–Crippen LogP) is 9.46. The second kappa shape index (κ2) is 7.54. The van der Waals surface area contributed by atoms with Crippen LogP contribution in [0, 0.1) is 0 Å². The molecule has 0 saturated heterocycles. The van der Waals surface area contributed by atoms with Gasteiger partial charge in [0.25, 0.3) is 0 Å². The normalized spacial score (nSPS) is 12.4. The number of benzene rings is 7. The summed E-state index contributed by atoms with van der Waals surface area (Å²) in [6.45, 7) is 0. The Hall–Kier alpha value is -4.42. The van der Waals surface area contributed by atoms with Gasteiger partial charge in [0.2, 0.25) is 0 Å². The van der Waals surface area contributed by atoms with Crippen LogP contribution >= 0.6 is 0 Å². The first-order valence-corrected chi connectivity index (χ1v) is 12.8. The molecule has 0 fully saturated rings. The molecule has 0 heterocycles. The summed E-state index contributed by atoms with van der Waals surface area (Å²) in [5.41, 5.74) is 8.57. The molecule has 0 heteroatoms. The Kier molecular flexibility index (Phi) is 4.15. The maximum Gasteiger partial charge on any atom is -0.00131 e. The molecule has 36 heavy (non-hydrogen) atoms. The highest BCUT2D eigenvalue weighted by Gasteiger charge is 2.23. The van der Waals surface area contributed by atoms with Gasteiger partial charge in [-0.3, -0.25) is 0 Å². The van der Waals surface area contributed by atoms with Crippen molar-refractivity contribution in [3.63, 3.8) is 0 Å². The molecular formula is C36H24. The first-order valence-electron chi connectivity index (χ1n) is 12.8. The van der Waals surface area contributed by atoms with Gasteiger partial charge in [-0.1, -0.05) is 109 Å². The van der Waals surface area contributed by atoms with Crippen LogP contribution in [0.2, 0.25) is 0 Å². The van der Waals surface area contributed by atoms with Crippen LogP contribution in [0.3, 0.4) is 0 Å². The van der Waals surface area contributed by atoms with Crippen molar-refractivity contribution in [2.45, 2.75) is 12.8 Å².